The zero-order valence-electron chi connectivity index (χ0n) is 19.5. The molecule has 1 unspecified atom stereocenters. The van der Waals surface area contributed by atoms with Crippen LogP contribution in [0.25, 0.3) is 0 Å². The zero-order chi connectivity index (χ0) is 25.3. The van der Waals surface area contributed by atoms with Gasteiger partial charge in [-0.2, -0.15) is 13.1 Å². The Labute approximate surface area is 197 Å². The number of hydrogen-bond acceptors (Lipinski definition) is 6. The molecule has 8 nitrogen and oxygen atoms in total. The zero-order valence-corrected chi connectivity index (χ0v) is 20.3. The first kappa shape index (κ1) is 25.8. The molecule has 11 heteroatoms. The van der Waals surface area contributed by atoms with Gasteiger partial charge in [0.05, 0.1) is 10.8 Å². The Kier molecular flexibility index (Phi) is 7.18. The van der Waals surface area contributed by atoms with E-state index < -0.39 is 46.7 Å². The van der Waals surface area contributed by atoms with Gasteiger partial charge < -0.3 is 14.8 Å². The minimum atomic E-state index is -4.16. The van der Waals surface area contributed by atoms with Gasteiger partial charge in [-0.15, -0.1) is 0 Å². The van der Waals surface area contributed by atoms with Gasteiger partial charge in [-0.3, -0.25) is 4.18 Å². The Bertz CT molecular complexity index is 1150. The van der Waals surface area contributed by atoms with Crippen molar-refractivity contribution in [2.24, 2.45) is 0 Å². The maximum Gasteiger partial charge on any atom is 0.410 e. The Morgan fingerprint density at radius 3 is 2.50 bits per heavy atom. The van der Waals surface area contributed by atoms with Crippen LogP contribution in [0.2, 0.25) is 0 Å². The fourth-order valence-electron chi connectivity index (χ4n) is 3.53. The van der Waals surface area contributed by atoms with Crippen LogP contribution >= 0.6 is 0 Å². The highest BCUT2D eigenvalue weighted by Gasteiger charge is 2.47. The average molecular weight is 499 g/mol. The predicted molar refractivity (Wildman–Crippen MR) is 119 cm³/mol. The van der Waals surface area contributed by atoms with Crippen molar-refractivity contribution < 1.29 is 35.6 Å². The fourth-order valence-corrected chi connectivity index (χ4v) is 4.41. The average Bonchev–Trinajstić information content (AvgIpc) is 2.72. The molecule has 0 radical (unpaired) electrons. The van der Waals surface area contributed by atoms with E-state index in [0.29, 0.717) is 4.73 Å². The number of alkyl halides is 2. The molecule has 1 aliphatic rings. The van der Waals surface area contributed by atoms with E-state index in [-0.39, 0.29) is 29.2 Å². The van der Waals surface area contributed by atoms with E-state index >= 15 is 0 Å². The number of benzene rings is 1. The molecule has 0 spiro atoms. The number of amides is 1. The largest absolute Gasteiger partial charge is 0.618 e. The Morgan fingerprint density at radius 2 is 1.88 bits per heavy atom. The summed E-state index contributed by atoms with van der Waals surface area (Å²) in [7, 11) is -4.16. The minimum absolute atomic E-state index is 0.0847. The van der Waals surface area contributed by atoms with Crippen LogP contribution in [-0.2, 0) is 25.6 Å². The number of nitrogens with zero attached hydrogens (tertiary/aromatic N) is 2. The number of ether oxygens (including phenoxy) is 1. The molecule has 34 heavy (non-hydrogen) atoms. The second-order valence-corrected chi connectivity index (χ2v) is 10.9. The lowest BCUT2D eigenvalue weighted by molar-refractivity contribution is -0.616. The highest BCUT2D eigenvalue weighted by Crippen LogP contribution is 2.40. The first-order valence-electron chi connectivity index (χ1n) is 10.7. The summed E-state index contributed by atoms with van der Waals surface area (Å²) < 4.78 is 65.1. The number of aryl methyl sites for hydroxylation is 1. The third-order valence-corrected chi connectivity index (χ3v) is 6.65. The Balaban J connectivity index is 1.80. The van der Waals surface area contributed by atoms with Crippen molar-refractivity contribution in [3.63, 3.8) is 0 Å². The highest BCUT2D eigenvalue weighted by atomic mass is 32.2. The normalized spacial score (nSPS) is 18.5. The van der Waals surface area contributed by atoms with E-state index in [4.69, 9.17) is 8.92 Å². The lowest BCUT2D eigenvalue weighted by Crippen LogP contribution is -2.49. The standard InChI is InChI=1S/C23H28F2N2O6S/c1-16-5-7-19(8-6-16)34(30,31)32-15-18-13-17(9-11-27(18)29)20-14-26(12-10-23(20,24)25)21(28)33-22(2,3)4/h5-9,11,13,20H,10,12,14-15H2,1-4H3. The molecule has 186 valence electrons. The Hall–Kier alpha value is -2.79. The van der Waals surface area contributed by atoms with Crippen molar-refractivity contribution in [1.29, 1.82) is 0 Å². The van der Waals surface area contributed by atoms with Crippen molar-refractivity contribution in [2.45, 2.75) is 63.1 Å². The van der Waals surface area contributed by atoms with E-state index in [9.17, 15) is 27.2 Å². The van der Waals surface area contributed by atoms with Crippen molar-refractivity contribution >= 4 is 16.2 Å². The maximum absolute atomic E-state index is 14.8. The molecule has 1 aromatic heterocycles. The summed E-state index contributed by atoms with van der Waals surface area (Å²) in [6.07, 6.45) is -0.248. The number of pyridine rings is 1. The molecule has 1 atom stereocenters. The topological polar surface area (TPSA) is 99.9 Å². The molecule has 0 bridgehead atoms. The van der Waals surface area contributed by atoms with Gasteiger partial charge in [0.2, 0.25) is 5.69 Å². The SMILES string of the molecule is Cc1ccc(S(=O)(=O)OCc2cc(C3CN(C(=O)OC(C)(C)C)CCC3(F)F)cc[n+]2[O-])cc1. The molecule has 3 rings (SSSR count). The van der Waals surface area contributed by atoms with Gasteiger partial charge in [0.15, 0.2) is 12.8 Å². The molecule has 1 aromatic carbocycles. The summed E-state index contributed by atoms with van der Waals surface area (Å²) in [5, 5.41) is 12.2. The van der Waals surface area contributed by atoms with E-state index in [1.807, 2.05) is 0 Å². The van der Waals surface area contributed by atoms with Crippen LogP contribution in [0.5, 0.6) is 0 Å². The Morgan fingerprint density at radius 1 is 1.24 bits per heavy atom. The second kappa shape index (κ2) is 9.46. The van der Waals surface area contributed by atoms with Crippen molar-refractivity contribution in [3.8, 4) is 0 Å². The lowest BCUT2D eigenvalue weighted by Gasteiger charge is -2.39. The number of rotatable bonds is 5. The van der Waals surface area contributed by atoms with Crippen molar-refractivity contribution in [3.05, 3.63) is 64.6 Å². The highest BCUT2D eigenvalue weighted by molar-refractivity contribution is 7.86. The quantitative estimate of drug-likeness (QED) is 0.352. The molecular formula is C23H28F2N2O6S. The molecular weight excluding hydrogens is 470 g/mol. The van der Waals surface area contributed by atoms with Crippen molar-refractivity contribution in [1.82, 2.24) is 4.90 Å². The number of halogens is 2. The van der Waals surface area contributed by atoms with Gasteiger partial charge in [-0.1, -0.05) is 17.7 Å². The first-order chi connectivity index (χ1) is 15.7. The monoisotopic (exact) mass is 498 g/mol. The van der Waals surface area contributed by atoms with Gasteiger partial charge >= 0.3 is 6.09 Å². The van der Waals surface area contributed by atoms with E-state index in [1.165, 1.54) is 29.2 Å². The summed E-state index contributed by atoms with van der Waals surface area (Å²) in [5.74, 6) is -4.54. The van der Waals surface area contributed by atoms with E-state index in [2.05, 4.69) is 0 Å². The molecule has 1 aliphatic heterocycles. The van der Waals surface area contributed by atoms with Crippen LogP contribution in [0, 0.1) is 12.1 Å². The molecule has 0 aliphatic carbocycles. The van der Waals surface area contributed by atoms with E-state index in [0.717, 1.165) is 11.8 Å². The lowest BCUT2D eigenvalue weighted by atomic mass is 9.87. The summed E-state index contributed by atoms with van der Waals surface area (Å²) in [4.78, 5) is 13.5. The second-order valence-electron chi connectivity index (χ2n) is 9.30. The van der Waals surface area contributed by atoms with Gasteiger partial charge in [-0.05, 0) is 45.4 Å². The number of hydrogen-bond donors (Lipinski definition) is 0. The van der Waals surface area contributed by atoms with Crippen molar-refractivity contribution in [2.75, 3.05) is 13.1 Å². The predicted octanol–water partition coefficient (Wildman–Crippen LogP) is 3.89. The summed E-state index contributed by atoms with van der Waals surface area (Å²) >= 11 is 0. The smallest absolute Gasteiger partial charge is 0.410 e. The summed E-state index contributed by atoms with van der Waals surface area (Å²) in [6.45, 7) is 5.73. The van der Waals surface area contributed by atoms with Crippen LogP contribution in [0.4, 0.5) is 13.6 Å². The fraction of sp³-hybridized carbons (Fsp3) is 0.478. The molecule has 0 saturated carbocycles. The van der Waals surface area contributed by atoms with Crippen LogP contribution in [0.3, 0.4) is 0 Å². The number of carbonyl (C=O) groups excluding carboxylic acids is 1. The van der Waals surface area contributed by atoms with E-state index in [1.54, 1.807) is 39.8 Å². The number of likely N-dealkylation sites (tertiary alicyclic amines) is 1. The molecule has 0 N–H and O–H groups in total. The number of piperidine rings is 1. The maximum atomic E-state index is 14.8. The molecule has 1 fully saturated rings. The minimum Gasteiger partial charge on any atom is -0.618 e. The number of aromatic nitrogens is 1. The van der Waals surface area contributed by atoms with Crippen LogP contribution in [0.1, 0.15) is 49.9 Å². The van der Waals surface area contributed by atoms with Crippen LogP contribution in [-0.4, -0.2) is 44.0 Å². The van der Waals surface area contributed by atoms with Crippen LogP contribution in [0.15, 0.2) is 47.5 Å². The van der Waals surface area contributed by atoms with Gasteiger partial charge in [0.1, 0.15) is 5.60 Å². The molecule has 1 amide bonds. The first-order valence-corrected chi connectivity index (χ1v) is 12.1. The van der Waals surface area contributed by atoms with Crippen LogP contribution < -0.4 is 4.73 Å². The summed E-state index contributed by atoms with van der Waals surface area (Å²) in [6, 6.07) is 8.38. The van der Waals surface area contributed by atoms with Gasteiger partial charge in [-0.25, -0.2) is 13.6 Å². The van der Waals surface area contributed by atoms with Gasteiger partial charge in [0.25, 0.3) is 16.0 Å². The third-order valence-electron chi connectivity index (χ3n) is 5.37. The number of carbonyl (C=O) groups is 1. The molecule has 1 saturated heterocycles. The third kappa shape index (κ3) is 6.20. The van der Waals surface area contributed by atoms with Gasteiger partial charge in [0, 0.05) is 31.6 Å². The summed E-state index contributed by atoms with van der Waals surface area (Å²) in [5.41, 5.74) is 0.0221. The molecule has 2 heterocycles. The molecule has 2 aromatic rings.